The second kappa shape index (κ2) is 2.67. The molecule has 2 rings (SSSR count). The Bertz CT molecular complexity index is 411. The predicted molar refractivity (Wildman–Crippen MR) is 52.2 cm³/mol. The van der Waals surface area contributed by atoms with Crippen molar-refractivity contribution in [1.82, 2.24) is 5.32 Å². The number of imide groups is 1. The molecule has 0 bridgehead atoms. The summed E-state index contributed by atoms with van der Waals surface area (Å²) in [6.07, 6.45) is 7.28. The zero-order valence-electron chi connectivity index (χ0n) is 8.13. The molecule has 14 heavy (non-hydrogen) atoms. The number of nitrogens with one attached hydrogen (secondary N) is 1. The highest BCUT2D eigenvalue weighted by atomic mass is 16.2. The van der Waals surface area contributed by atoms with E-state index in [4.69, 9.17) is 0 Å². The normalized spacial score (nSPS) is 23.6. The van der Waals surface area contributed by atoms with Gasteiger partial charge in [0.2, 0.25) is 0 Å². The van der Waals surface area contributed by atoms with Crippen molar-refractivity contribution in [2.24, 2.45) is 5.41 Å². The van der Waals surface area contributed by atoms with Crippen molar-refractivity contribution in [2.75, 3.05) is 0 Å². The Balaban J connectivity index is 2.57. The number of hydrogen-bond acceptors (Lipinski definition) is 2. The number of carbonyl (C=O) groups is 2. The SMILES string of the molecule is CC1(C)C=CC=C2C(=O)NC(=O)C2=C1. The first-order valence-corrected chi connectivity index (χ1v) is 4.48. The van der Waals surface area contributed by atoms with Gasteiger partial charge in [-0.2, -0.15) is 0 Å². The molecule has 0 unspecified atom stereocenters. The van der Waals surface area contributed by atoms with E-state index in [0.717, 1.165) is 0 Å². The molecule has 1 heterocycles. The van der Waals surface area contributed by atoms with Crippen LogP contribution in [0.1, 0.15) is 13.8 Å². The van der Waals surface area contributed by atoms with Crippen LogP contribution in [-0.4, -0.2) is 11.8 Å². The zero-order chi connectivity index (χ0) is 10.3. The van der Waals surface area contributed by atoms with Crippen LogP contribution in [0.15, 0.2) is 35.5 Å². The van der Waals surface area contributed by atoms with Crippen LogP contribution in [0.3, 0.4) is 0 Å². The molecule has 1 aliphatic carbocycles. The molecule has 0 atom stereocenters. The van der Waals surface area contributed by atoms with Crippen LogP contribution in [0.5, 0.6) is 0 Å². The molecule has 0 aromatic heterocycles. The molecule has 2 aliphatic rings. The third-order valence-corrected chi connectivity index (χ3v) is 2.31. The largest absolute Gasteiger partial charge is 0.288 e. The number of amides is 2. The third-order valence-electron chi connectivity index (χ3n) is 2.31. The predicted octanol–water partition coefficient (Wildman–Crippen LogP) is 1.09. The molecule has 1 fully saturated rings. The van der Waals surface area contributed by atoms with Gasteiger partial charge in [-0.15, -0.1) is 0 Å². The van der Waals surface area contributed by atoms with E-state index >= 15 is 0 Å². The first kappa shape index (κ1) is 8.94. The second-order valence-corrected chi connectivity index (χ2v) is 4.10. The lowest BCUT2D eigenvalue weighted by molar-refractivity contribution is -0.123. The van der Waals surface area contributed by atoms with Crippen LogP contribution in [0, 0.1) is 5.41 Å². The van der Waals surface area contributed by atoms with Crippen molar-refractivity contribution < 1.29 is 9.59 Å². The van der Waals surface area contributed by atoms with E-state index in [9.17, 15) is 9.59 Å². The highest BCUT2D eigenvalue weighted by Crippen LogP contribution is 2.29. The smallest absolute Gasteiger partial charge is 0.258 e. The van der Waals surface area contributed by atoms with Gasteiger partial charge in [0.05, 0.1) is 5.57 Å². The summed E-state index contributed by atoms with van der Waals surface area (Å²) in [5, 5.41) is 2.28. The van der Waals surface area contributed by atoms with Crippen LogP contribution in [0.25, 0.3) is 0 Å². The molecule has 1 saturated heterocycles. The highest BCUT2D eigenvalue weighted by molar-refractivity contribution is 6.24. The van der Waals surface area contributed by atoms with Gasteiger partial charge in [-0.25, -0.2) is 0 Å². The lowest BCUT2D eigenvalue weighted by Gasteiger charge is -2.13. The Hall–Kier alpha value is -1.64. The van der Waals surface area contributed by atoms with Crippen LogP contribution >= 0.6 is 0 Å². The van der Waals surface area contributed by atoms with Gasteiger partial charge in [-0.3, -0.25) is 14.9 Å². The Morgan fingerprint density at radius 2 is 1.79 bits per heavy atom. The quantitative estimate of drug-likeness (QED) is 0.580. The molecule has 1 aliphatic heterocycles. The topological polar surface area (TPSA) is 46.2 Å². The average molecular weight is 189 g/mol. The molecule has 0 spiro atoms. The average Bonchev–Trinajstić information content (AvgIpc) is 2.29. The summed E-state index contributed by atoms with van der Waals surface area (Å²) in [5.74, 6) is -0.596. The van der Waals surface area contributed by atoms with Gasteiger partial charge in [0.25, 0.3) is 11.8 Å². The van der Waals surface area contributed by atoms with Crippen molar-refractivity contribution >= 4 is 11.8 Å². The number of carbonyl (C=O) groups excluding carboxylic acids is 2. The highest BCUT2D eigenvalue weighted by Gasteiger charge is 2.32. The minimum atomic E-state index is -0.302. The fourth-order valence-electron chi connectivity index (χ4n) is 1.60. The van der Waals surface area contributed by atoms with Crippen molar-refractivity contribution in [1.29, 1.82) is 0 Å². The Labute approximate surface area is 82.2 Å². The lowest BCUT2D eigenvalue weighted by atomic mass is 9.90. The number of hydrogen-bond donors (Lipinski definition) is 1. The summed E-state index contributed by atoms with van der Waals surface area (Å²) < 4.78 is 0. The lowest BCUT2D eigenvalue weighted by Crippen LogP contribution is -2.20. The van der Waals surface area contributed by atoms with E-state index in [1.165, 1.54) is 0 Å². The van der Waals surface area contributed by atoms with Crippen LogP contribution < -0.4 is 5.32 Å². The zero-order valence-corrected chi connectivity index (χ0v) is 8.13. The fourth-order valence-corrected chi connectivity index (χ4v) is 1.60. The van der Waals surface area contributed by atoms with Gasteiger partial charge in [0.15, 0.2) is 0 Å². The molecule has 1 N–H and O–H groups in total. The maximum absolute atomic E-state index is 11.4. The van der Waals surface area contributed by atoms with E-state index in [1.807, 2.05) is 32.1 Å². The maximum Gasteiger partial charge on any atom is 0.258 e. The van der Waals surface area contributed by atoms with E-state index in [0.29, 0.717) is 11.1 Å². The fraction of sp³-hybridized carbons (Fsp3) is 0.273. The molecule has 0 radical (unpaired) electrons. The molecule has 2 amide bonds. The summed E-state index contributed by atoms with van der Waals surface area (Å²) >= 11 is 0. The van der Waals surface area contributed by atoms with E-state index in [-0.39, 0.29) is 17.2 Å². The summed E-state index contributed by atoms with van der Waals surface area (Å²) in [7, 11) is 0. The maximum atomic E-state index is 11.4. The minimum absolute atomic E-state index is 0.185. The summed E-state index contributed by atoms with van der Waals surface area (Å²) in [6.45, 7) is 3.98. The summed E-state index contributed by atoms with van der Waals surface area (Å²) in [6, 6.07) is 0. The minimum Gasteiger partial charge on any atom is -0.288 e. The molecule has 0 aromatic carbocycles. The van der Waals surface area contributed by atoms with Gasteiger partial charge in [0, 0.05) is 11.0 Å². The van der Waals surface area contributed by atoms with Crippen molar-refractivity contribution in [2.45, 2.75) is 13.8 Å². The van der Waals surface area contributed by atoms with Gasteiger partial charge in [0.1, 0.15) is 0 Å². The standard InChI is InChI=1S/C11H11NO2/c1-11(2)5-3-4-7-8(6-11)10(14)12-9(7)13/h3-6H,1-2H3,(H,12,13,14). The first-order chi connectivity index (χ1) is 6.49. The van der Waals surface area contributed by atoms with Crippen LogP contribution in [-0.2, 0) is 9.59 Å². The van der Waals surface area contributed by atoms with Gasteiger partial charge in [-0.05, 0) is 6.08 Å². The molecule has 72 valence electrons. The molecular weight excluding hydrogens is 178 g/mol. The van der Waals surface area contributed by atoms with Crippen LogP contribution in [0.2, 0.25) is 0 Å². The van der Waals surface area contributed by atoms with Gasteiger partial charge >= 0.3 is 0 Å². The van der Waals surface area contributed by atoms with Gasteiger partial charge in [-0.1, -0.05) is 32.1 Å². The van der Waals surface area contributed by atoms with Crippen LogP contribution in [0.4, 0.5) is 0 Å². The molecule has 3 nitrogen and oxygen atoms in total. The summed E-state index contributed by atoms with van der Waals surface area (Å²) in [5.41, 5.74) is 0.775. The molecule has 0 saturated carbocycles. The number of fused-ring (bicyclic) bond motifs is 1. The van der Waals surface area contributed by atoms with E-state index in [1.54, 1.807) is 6.08 Å². The molecule has 0 aromatic rings. The monoisotopic (exact) mass is 189 g/mol. The number of allylic oxidation sites excluding steroid dienone is 4. The Morgan fingerprint density at radius 1 is 1.14 bits per heavy atom. The van der Waals surface area contributed by atoms with Crippen molar-refractivity contribution in [3.05, 3.63) is 35.5 Å². The molecular formula is C11H11NO2. The Morgan fingerprint density at radius 3 is 2.50 bits per heavy atom. The van der Waals surface area contributed by atoms with E-state index < -0.39 is 0 Å². The van der Waals surface area contributed by atoms with Crippen molar-refractivity contribution in [3.63, 3.8) is 0 Å². The number of rotatable bonds is 0. The van der Waals surface area contributed by atoms with E-state index in [2.05, 4.69) is 5.32 Å². The third kappa shape index (κ3) is 1.31. The Kier molecular flexibility index (Phi) is 1.71. The first-order valence-electron chi connectivity index (χ1n) is 4.48. The van der Waals surface area contributed by atoms with Crippen molar-refractivity contribution in [3.8, 4) is 0 Å². The van der Waals surface area contributed by atoms with Gasteiger partial charge < -0.3 is 0 Å². The molecule has 3 heteroatoms. The summed E-state index contributed by atoms with van der Waals surface area (Å²) in [4.78, 5) is 22.7. The second-order valence-electron chi connectivity index (χ2n) is 4.10.